The van der Waals surface area contributed by atoms with Crippen molar-refractivity contribution in [2.45, 2.75) is 26.8 Å². The summed E-state index contributed by atoms with van der Waals surface area (Å²) >= 11 is 0. The minimum Gasteiger partial charge on any atom is -0.497 e. The number of benzene rings is 3. The van der Waals surface area contributed by atoms with Gasteiger partial charge in [0.1, 0.15) is 24.1 Å². The number of rotatable bonds is 6. The van der Waals surface area contributed by atoms with E-state index in [2.05, 4.69) is 0 Å². The lowest BCUT2D eigenvalue weighted by molar-refractivity contribution is -0.127. The van der Waals surface area contributed by atoms with Gasteiger partial charge in [-0.25, -0.2) is 0 Å². The molecule has 0 radical (unpaired) electrons. The molecule has 0 bridgehead atoms. The number of carbonyl (C=O) groups is 2. The number of aryl methyl sites for hydroxylation is 2. The van der Waals surface area contributed by atoms with Gasteiger partial charge in [-0.1, -0.05) is 42.5 Å². The summed E-state index contributed by atoms with van der Waals surface area (Å²) in [7, 11) is 3.10. The zero-order valence-corrected chi connectivity index (χ0v) is 20.7. The quantitative estimate of drug-likeness (QED) is 0.499. The maximum Gasteiger partial charge on any atom is 0.255 e. The summed E-state index contributed by atoms with van der Waals surface area (Å²) in [4.78, 5) is 30.9. The van der Waals surface area contributed by atoms with Gasteiger partial charge in [0, 0.05) is 11.8 Å². The summed E-state index contributed by atoms with van der Waals surface area (Å²) < 4.78 is 10.9. The topological polar surface area (TPSA) is 59.1 Å². The highest BCUT2D eigenvalue weighted by molar-refractivity contribution is 6.16. The molecule has 180 valence electrons. The molecular formula is C29H30N2O4. The van der Waals surface area contributed by atoms with Gasteiger partial charge in [0.05, 0.1) is 19.9 Å². The van der Waals surface area contributed by atoms with Crippen molar-refractivity contribution in [2.75, 3.05) is 30.6 Å². The van der Waals surface area contributed by atoms with E-state index in [0.717, 1.165) is 22.3 Å². The normalized spacial score (nSPS) is 16.5. The number of ether oxygens (including phenoxy) is 2. The third kappa shape index (κ3) is 4.78. The fraction of sp³-hybridized carbons (Fsp3) is 0.241. The molecule has 0 spiro atoms. The van der Waals surface area contributed by atoms with Crippen LogP contribution in [0.15, 0.2) is 72.3 Å². The summed E-state index contributed by atoms with van der Waals surface area (Å²) in [5.41, 5.74) is 5.11. The second-order valence-electron chi connectivity index (χ2n) is 8.70. The molecule has 1 heterocycles. The van der Waals surface area contributed by atoms with E-state index in [1.807, 2.05) is 75.4 Å². The maximum absolute atomic E-state index is 14.1. The first-order chi connectivity index (χ1) is 16.8. The largest absolute Gasteiger partial charge is 0.497 e. The van der Waals surface area contributed by atoms with Crippen LogP contribution in [0.5, 0.6) is 11.5 Å². The molecule has 1 aliphatic rings. The number of hydrogen-bond acceptors (Lipinski definition) is 4. The van der Waals surface area contributed by atoms with Gasteiger partial charge >= 0.3 is 0 Å². The van der Waals surface area contributed by atoms with Gasteiger partial charge < -0.3 is 9.47 Å². The molecule has 1 aliphatic heterocycles. The smallest absolute Gasteiger partial charge is 0.255 e. The highest BCUT2D eigenvalue weighted by atomic mass is 16.5. The zero-order valence-electron chi connectivity index (χ0n) is 20.7. The molecule has 3 aromatic rings. The Labute approximate surface area is 206 Å². The predicted molar refractivity (Wildman–Crippen MR) is 139 cm³/mol. The van der Waals surface area contributed by atoms with Gasteiger partial charge in [-0.2, -0.15) is 0 Å². The second-order valence-corrected chi connectivity index (χ2v) is 8.70. The number of anilines is 2. The van der Waals surface area contributed by atoms with Crippen molar-refractivity contribution in [3.05, 3.63) is 89.0 Å². The molecule has 0 aliphatic carbocycles. The van der Waals surface area contributed by atoms with Crippen LogP contribution in [0, 0.1) is 13.8 Å². The SMILES string of the molecule is COc1ccc(OC)c(N2CC(=O)N(c3ccc(C)c(C)c3)[C@@H](/C(C)=C/c3ccccc3)C2=O)c1. The lowest BCUT2D eigenvalue weighted by Gasteiger charge is -2.41. The first-order valence-electron chi connectivity index (χ1n) is 11.5. The fourth-order valence-electron chi connectivity index (χ4n) is 4.36. The van der Waals surface area contributed by atoms with Crippen molar-refractivity contribution in [3.8, 4) is 11.5 Å². The van der Waals surface area contributed by atoms with Crippen LogP contribution in [-0.4, -0.2) is 38.6 Å². The molecule has 6 nitrogen and oxygen atoms in total. The number of amides is 2. The van der Waals surface area contributed by atoms with E-state index in [4.69, 9.17) is 9.47 Å². The van der Waals surface area contributed by atoms with Crippen LogP contribution in [0.4, 0.5) is 11.4 Å². The van der Waals surface area contributed by atoms with Crippen molar-refractivity contribution in [2.24, 2.45) is 0 Å². The fourth-order valence-corrected chi connectivity index (χ4v) is 4.36. The highest BCUT2D eigenvalue weighted by Gasteiger charge is 2.42. The van der Waals surface area contributed by atoms with Crippen LogP contribution in [0.3, 0.4) is 0 Å². The van der Waals surface area contributed by atoms with Crippen LogP contribution in [-0.2, 0) is 9.59 Å². The summed E-state index contributed by atoms with van der Waals surface area (Å²) in [6.07, 6.45) is 1.95. The van der Waals surface area contributed by atoms with Crippen molar-refractivity contribution < 1.29 is 19.1 Å². The van der Waals surface area contributed by atoms with Crippen LogP contribution in [0.1, 0.15) is 23.6 Å². The standard InChI is InChI=1S/C29H30N2O4/c1-19-11-12-23(16-20(19)2)31-27(32)18-30(25-17-24(34-4)13-14-26(25)35-5)29(33)28(31)21(3)15-22-9-7-6-8-10-22/h6-17,28H,18H2,1-5H3/b21-15+/t28-/m0/s1. The van der Waals surface area contributed by atoms with Gasteiger partial charge in [0.2, 0.25) is 5.91 Å². The Morgan fingerprint density at radius 2 is 1.66 bits per heavy atom. The van der Waals surface area contributed by atoms with Crippen LogP contribution in [0.25, 0.3) is 6.08 Å². The Hall–Kier alpha value is -4.06. The lowest BCUT2D eigenvalue weighted by atomic mass is 9.97. The van der Waals surface area contributed by atoms with Gasteiger partial charge in [0.25, 0.3) is 5.91 Å². The summed E-state index contributed by atoms with van der Waals surface area (Å²) in [6, 6.07) is 20.0. The third-order valence-electron chi connectivity index (χ3n) is 6.39. The lowest BCUT2D eigenvalue weighted by Crippen LogP contribution is -2.61. The van der Waals surface area contributed by atoms with Crippen LogP contribution >= 0.6 is 0 Å². The van der Waals surface area contributed by atoms with E-state index >= 15 is 0 Å². The third-order valence-corrected chi connectivity index (χ3v) is 6.39. The number of hydrogen-bond donors (Lipinski definition) is 0. The average molecular weight is 471 g/mol. The van der Waals surface area contributed by atoms with Gasteiger partial charge in [0.15, 0.2) is 0 Å². The minimum absolute atomic E-state index is 0.107. The number of nitrogens with zero attached hydrogens (tertiary/aromatic N) is 2. The first kappa shape index (κ1) is 24.1. The van der Waals surface area contributed by atoms with E-state index in [1.54, 1.807) is 37.3 Å². The molecule has 35 heavy (non-hydrogen) atoms. The van der Waals surface area contributed by atoms with Crippen molar-refractivity contribution in [3.63, 3.8) is 0 Å². The molecule has 2 amide bonds. The van der Waals surface area contributed by atoms with Gasteiger partial charge in [-0.05, 0) is 67.3 Å². The molecule has 1 atom stereocenters. The minimum atomic E-state index is -0.811. The molecule has 1 saturated heterocycles. The van der Waals surface area contributed by atoms with Crippen molar-refractivity contribution in [1.82, 2.24) is 0 Å². The predicted octanol–water partition coefficient (Wildman–Crippen LogP) is 5.17. The molecule has 1 fully saturated rings. The van der Waals surface area contributed by atoms with Crippen molar-refractivity contribution >= 4 is 29.3 Å². The number of piperazine rings is 1. The Bertz CT molecular complexity index is 1280. The average Bonchev–Trinajstić information content (AvgIpc) is 2.86. The van der Waals surface area contributed by atoms with E-state index in [0.29, 0.717) is 22.9 Å². The first-order valence-corrected chi connectivity index (χ1v) is 11.5. The number of methoxy groups -OCH3 is 2. The van der Waals surface area contributed by atoms with E-state index in [9.17, 15) is 9.59 Å². The maximum atomic E-state index is 14.1. The van der Waals surface area contributed by atoms with Gasteiger partial charge in [-0.15, -0.1) is 0 Å². The molecule has 3 aromatic carbocycles. The summed E-state index contributed by atoms with van der Waals surface area (Å²) in [5.74, 6) is 0.684. The Balaban J connectivity index is 1.85. The molecule has 0 saturated carbocycles. The molecule has 0 unspecified atom stereocenters. The van der Waals surface area contributed by atoms with E-state index in [1.165, 1.54) is 4.90 Å². The van der Waals surface area contributed by atoms with Crippen molar-refractivity contribution in [1.29, 1.82) is 0 Å². The Morgan fingerprint density at radius 3 is 2.31 bits per heavy atom. The van der Waals surface area contributed by atoms with Gasteiger partial charge in [-0.3, -0.25) is 19.4 Å². The molecule has 6 heteroatoms. The Morgan fingerprint density at radius 1 is 0.914 bits per heavy atom. The summed E-state index contributed by atoms with van der Waals surface area (Å²) in [5, 5.41) is 0. The molecular weight excluding hydrogens is 440 g/mol. The van der Waals surface area contributed by atoms with E-state index < -0.39 is 6.04 Å². The zero-order chi connectivity index (χ0) is 25.1. The Kier molecular flexibility index (Phi) is 6.92. The molecule has 0 aromatic heterocycles. The van der Waals surface area contributed by atoms with Crippen LogP contribution in [0.2, 0.25) is 0 Å². The van der Waals surface area contributed by atoms with Crippen LogP contribution < -0.4 is 19.3 Å². The van der Waals surface area contributed by atoms with E-state index in [-0.39, 0.29) is 18.4 Å². The number of carbonyl (C=O) groups excluding carboxylic acids is 2. The second kappa shape index (κ2) is 10.1. The summed E-state index contributed by atoms with van der Waals surface area (Å²) in [6.45, 7) is 5.81. The monoisotopic (exact) mass is 470 g/mol. The highest BCUT2D eigenvalue weighted by Crippen LogP contribution is 2.37. The molecule has 4 rings (SSSR count). The molecule has 0 N–H and O–H groups in total.